The van der Waals surface area contributed by atoms with Crippen molar-refractivity contribution in [2.24, 2.45) is 23.7 Å². The topological polar surface area (TPSA) is 228 Å². The van der Waals surface area contributed by atoms with Crippen molar-refractivity contribution in [3.8, 4) is 0 Å². The molecule has 9 amide bonds. The first-order valence-electron chi connectivity index (χ1n) is 29.6. The van der Waals surface area contributed by atoms with Crippen molar-refractivity contribution in [2.45, 2.75) is 167 Å². The molecule has 21 nitrogen and oxygen atoms in total. The van der Waals surface area contributed by atoms with E-state index in [1.807, 2.05) is 81.9 Å². The first-order valence-corrected chi connectivity index (χ1v) is 29.6. The van der Waals surface area contributed by atoms with Gasteiger partial charge in [-0.15, -0.1) is 0 Å². The van der Waals surface area contributed by atoms with Crippen LogP contribution in [0.5, 0.6) is 0 Å². The number of nitrogens with one attached hydrogen (secondary N) is 2. The van der Waals surface area contributed by atoms with Crippen molar-refractivity contribution in [3.05, 3.63) is 48.0 Å². The van der Waals surface area contributed by atoms with Gasteiger partial charge in [-0.05, 0) is 88.9 Å². The van der Waals surface area contributed by atoms with Gasteiger partial charge in [0.25, 0.3) is 17.7 Å². The zero-order chi connectivity index (χ0) is 59.3. The van der Waals surface area contributed by atoms with Crippen LogP contribution in [-0.2, 0) is 57.5 Å². The quantitative estimate of drug-likeness (QED) is 0.114. The fraction of sp³-hybridized carbons (Fsp3) is 0.717. The highest BCUT2D eigenvalue weighted by molar-refractivity contribution is 6.12. The Morgan fingerprint density at radius 3 is 1.90 bits per heavy atom. The number of likely N-dealkylation sites (tertiary alicyclic amines) is 1. The van der Waals surface area contributed by atoms with Crippen LogP contribution in [0.2, 0.25) is 0 Å². The average Bonchev–Trinajstić information content (AvgIpc) is 3.89. The minimum atomic E-state index is -1.17. The Hall–Kier alpha value is -5.61. The molecule has 1 aliphatic carbocycles. The molecule has 21 heteroatoms. The second-order valence-electron chi connectivity index (χ2n) is 23.7. The minimum absolute atomic E-state index is 0.00730. The van der Waals surface area contributed by atoms with Crippen molar-refractivity contribution >= 4 is 53.2 Å². The summed E-state index contributed by atoms with van der Waals surface area (Å²) in [5, 5.41) is 7.33. The Bertz CT molecular complexity index is 2370. The summed E-state index contributed by atoms with van der Waals surface area (Å²) < 4.78 is 12.3. The minimum Gasteiger partial charge on any atom is -0.379 e. The van der Waals surface area contributed by atoms with E-state index in [0.717, 1.165) is 23.3 Å². The molecular formula is C60H93N9O12. The highest BCUT2D eigenvalue weighted by Crippen LogP contribution is 2.53. The number of carbonyl (C=O) groups is 9. The Morgan fingerprint density at radius 2 is 1.35 bits per heavy atom. The fourth-order valence-corrected chi connectivity index (χ4v) is 12.9. The van der Waals surface area contributed by atoms with Gasteiger partial charge < -0.3 is 29.5 Å². The van der Waals surface area contributed by atoms with Crippen LogP contribution in [-0.4, -0.2) is 217 Å². The molecule has 0 spiro atoms. The molecule has 4 fully saturated rings. The van der Waals surface area contributed by atoms with Gasteiger partial charge in [-0.2, -0.15) is 0 Å². The van der Waals surface area contributed by atoms with Crippen LogP contribution in [0.4, 0.5) is 0 Å². The molecule has 1 saturated carbocycles. The van der Waals surface area contributed by atoms with E-state index in [2.05, 4.69) is 24.5 Å². The largest absolute Gasteiger partial charge is 0.379 e. The van der Waals surface area contributed by atoms with Crippen molar-refractivity contribution in [2.75, 3.05) is 87.3 Å². The van der Waals surface area contributed by atoms with Crippen LogP contribution in [0.25, 0.3) is 0 Å². The smallest absolute Gasteiger partial charge is 0.272 e. The fourth-order valence-electron chi connectivity index (χ4n) is 12.9. The van der Waals surface area contributed by atoms with E-state index in [1.54, 1.807) is 35.8 Å². The number of piperazine rings is 1. The molecule has 6 rings (SSSR count). The number of methoxy groups -OCH3 is 2. The van der Waals surface area contributed by atoms with Crippen molar-refractivity contribution in [1.82, 2.24) is 45.1 Å². The normalized spacial score (nSPS) is 23.0. The van der Waals surface area contributed by atoms with E-state index in [-0.39, 0.29) is 90.8 Å². The molecule has 0 bridgehead atoms. The van der Waals surface area contributed by atoms with Crippen LogP contribution in [0.15, 0.2) is 42.5 Å². The van der Waals surface area contributed by atoms with Crippen LogP contribution >= 0.6 is 0 Å². The van der Waals surface area contributed by atoms with Crippen molar-refractivity contribution in [1.29, 1.82) is 0 Å². The van der Waals surface area contributed by atoms with E-state index in [4.69, 9.17) is 14.3 Å². The summed E-state index contributed by atoms with van der Waals surface area (Å²) in [5.41, 5.74) is -0.208. The number of ether oxygens (including phenoxy) is 2. The molecule has 4 aliphatic heterocycles. The molecule has 1 aromatic carbocycles. The number of amides is 9. The van der Waals surface area contributed by atoms with Crippen LogP contribution < -0.4 is 10.6 Å². The summed E-state index contributed by atoms with van der Waals surface area (Å²) in [6.45, 7) is 17.1. The third-order valence-electron chi connectivity index (χ3n) is 17.6. The molecule has 3 saturated heterocycles. The highest BCUT2D eigenvalue weighted by atomic mass is 16.7. The number of hydroxylamine groups is 2. The molecule has 10 atom stereocenters. The molecule has 0 unspecified atom stereocenters. The summed E-state index contributed by atoms with van der Waals surface area (Å²) in [6, 6.07) is 7.39. The van der Waals surface area contributed by atoms with Gasteiger partial charge in [0, 0.05) is 97.0 Å². The lowest BCUT2D eigenvalue weighted by atomic mass is 9.87. The van der Waals surface area contributed by atoms with Gasteiger partial charge in [0.05, 0.1) is 49.3 Å². The first-order chi connectivity index (χ1) is 38.6. The predicted octanol–water partition coefficient (Wildman–Crippen LogP) is 3.76. The third kappa shape index (κ3) is 15.7. The van der Waals surface area contributed by atoms with Gasteiger partial charge in [0.2, 0.25) is 35.4 Å². The summed E-state index contributed by atoms with van der Waals surface area (Å²) >= 11 is 0. The number of imide groups is 2. The zero-order valence-electron chi connectivity index (χ0n) is 50.1. The number of rotatable bonds is 28. The zero-order valence-corrected chi connectivity index (χ0v) is 50.1. The van der Waals surface area contributed by atoms with E-state index in [9.17, 15) is 43.2 Å². The molecule has 81 heavy (non-hydrogen) atoms. The molecule has 1 aromatic rings. The maximum absolute atomic E-state index is 14.7. The summed E-state index contributed by atoms with van der Waals surface area (Å²) in [7, 11) is 6.79. The monoisotopic (exact) mass is 1130 g/mol. The molecule has 0 aromatic heterocycles. The lowest BCUT2D eigenvalue weighted by Crippen LogP contribution is -2.60. The van der Waals surface area contributed by atoms with Gasteiger partial charge in [0.15, 0.2) is 0 Å². The Kier molecular flexibility index (Phi) is 23.6. The van der Waals surface area contributed by atoms with E-state index >= 15 is 0 Å². The van der Waals surface area contributed by atoms with Gasteiger partial charge in [-0.25, -0.2) is 5.06 Å². The Morgan fingerprint density at radius 1 is 0.741 bits per heavy atom. The number of hydrogen-bond donors (Lipinski definition) is 2. The number of carbonyl (C=O) groups excluding carboxylic acids is 9. The van der Waals surface area contributed by atoms with E-state index < -0.39 is 59.6 Å². The lowest BCUT2D eigenvalue weighted by Gasteiger charge is -2.43. The van der Waals surface area contributed by atoms with Crippen LogP contribution in [0, 0.1) is 23.7 Å². The van der Waals surface area contributed by atoms with Crippen LogP contribution in [0.3, 0.4) is 0 Å². The van der Waals surface area contributed by atoms with Crippen molar-refractivity contribution < 1.29 is 57.5 Å². The molecular weight excluding hydrogens is 1040 g/mol. The Balaban J connectivity index is 1.03. The third-order valence-corrected chi connectivity index (χ3v) is 17.6. The molecule has 450 valence electrons. The van der Waals surface area contributed by atoms with Gasteiger partial charge in [-0.1, -0.05) is 85.2 Å². The SMILES string of the molecule is CC[C@H](C)[C@@H]([C@@H](CC(=O)N1CCC[C@H]1[C@H](OC)[C@@H](C)C(=O)N[C@@]1(C(=O)N2CCCCO2)C[C@@H]1c1ccccc1)OC)N(C)[C@H](C(=O)NC(=O)[C@H](C(C)C)N(C)CCCC(=O)N1CCN(C(=O)CCCN2C(=O)C=CC2=O)CC1)C(C)C. The first kappa shape index (κ1) is 64.6. The number of hydrogen-bond acceptors (Lipinski definition) is 14. The average molecular weight is 1130 g/mol. The molecule has 0 radical (unpaired) electrons. The summed E-state index contributed by atoms with van der Waals surface area (Å²) in [5.74, 6) is -3.98. The van der Waals surface area contributed by atoms with Gasteiger partial charge in [-0.3, -0.25) is 68.0 Å². The highest BCUT2D eigenvalue weighted by Gasteiger charge is 2.64. The number of likely N-dealkylation sites (N-methyl/N-ethyl adjacent to an activating group) is 2. The maximum Gasteiger partial charge on any atom is 0.272 e. The second-order valence-corrected chi connectivity index (χ2v) is 23.7. The molecule has 2 N–H and O–H groups in total. The molecule has 4 heterocycles. The summed E-state index contributed by atoms with van der Waals surface area (Å²) in [6.07, 6.45) is 6.51. The summed E-state index contributed by atoms with van der Waals surface area (Å²) in [4.78, 5) is 138. The standard InChI is InChI=1S/C60H93N9O12/c1-12-41(6)54(46(79-10)37-51(74)67-29-18-23-45(67)55(80-11)42(7)56(75)62-60(59(78)69-31-16-17-36-81-69)38-44(60)43-21-14-13-15-22-43)64(9)53(40(4)5)58(77)61-57(76)52(39(2)3)63(8)28-19-24-47(70)65-32-34-66(35-33-65)48(71)25-20-30-68-49(72)26-27-50(68)73/h13-15,21-22,26-27,39-42,44-46,52-55H,12,16-20,23-25,28-38H2,1-11H3,(H,62,75)(H,61,76,77)/t41-,42+,44+,45-,46+,52-,53-,54-,55+,60-/m0/s1. The molecule has 5 aliphatic rings. The van der Waals surface area contributed by atoms with Gasteiger partial charge in [0.1, 0.15) is 5.54 Å². The Labute approximate surface area is 480 Å². The van der Waals surface area contributed by atoms with Crippen molar-refractivity contribution in [3.63, 3.8) is 0 Å². The van der Waals surface area contributed by atoms with Gasteiger partial charge >= 0.3 is 0 Å². The number of benzene rings is 1. The maximum atomic E-state index is 14.7. The predicted molar refractivity (Wildman–Crippen MR) is 303 cm³/mol. The van der Waals surface area contributed by atoms with E-state index in [0.29, 0.717) is 90.9 Å². The lowest BCUT2D eigenvalue weighted by molar-refractivity contribution is -0.200. The second kappa shape index (κ2) is 29.6. The number of nitrogens with zero attached hydrogens (tertiary/aromatic N) is 7. The van der Waals surface area contributed by atoms with Crippen LogP contribution in [0.1, 0.15) is 131 Å². The van der Waals surface area contributed by atoms with E-state index in [1.165, 1.54) is 17.2 Å².